The van der Waals surface area contributed by atoms with Crippen LogP contribution in [-0.2, 0) is 19.9 Å². The summed E-state index contributed by atoms with van der Waals surface area (Å²) in [7, 11) is 1.72. The maximum atomic E-state index is 12.1. The van der Waals surface area contributed by atoms with Crippen LogP contribution in [0.4, 0.5) is 13.2 Å². The fourth-order valence-corrected chi connectivity index (χ4v) is 1.57. The third-order valence-corrected chi connectivity index (χ3v) is 2.35. The van der Waals surface area contributed by atoms with Gasteiger partial charge in [0.15, 0.2) is 0 Å². The lowest BCUT2D eigenvalue weighted by molar-refractivity contribution is -0.138. The van der Waals surface area contributed by atoms with E-state index >= 15 is 0 Å². The van der Waals surface area contributed by atoms with Gasteiger partial charge in [-0.15, -0.1) is 0 Å². The molecule has 0 fully saturated rings. The predicted molar refractivity (Wildman–Crippen MR) is 54.9 cm³/mol. The number of nitrogens with zero attached hydrogens (tertiary/aromatic N) is 2. The van der Waals surface area contributed by atoms with E-state index in [0.29, 0.717) is 0 Å². The van der Waals surface area contributed by atoms with E-state index in [1.165, 1.54) is 0 Å². The SMILES string of the molecule is CCc1cc(CC(N)CC(F)(F)F)n(C)n1. The van der Waals surface area contributed by atoms with Gasteiger partial charge in [-0.25, -0.2) is 0 Å². The van der Waals surface area contributed by atoms with Crippen molar-refractivity contribution in [1.82, 2.24) is 9.78 Å². The Morgan fingerprint density at radius 2 is 2.12 bits per heavy atom. The minimum absolute atomic E-state index is 0.197. The topological polar surface area (TPSA) is 43.8 Å². The lowest BCUT2D eigenvalue weighted by atomic mass is 10.1. The van der Waals surface area contributed by atoms with Crippen molar-refractivity contribution < 1.29 is 13.2 Å². The van der Waals surface area contributed by atoms with Gasteiger partial charge in [-0.2, -0.15) is 18.3 Å². The summed E-state index contributed by atoms with van der Waals surface area (Å²) in [5.41, 5.74) is 7.07. The molecule has 1 rings (SSSR count). The number of aromatic nitrogens is 2. The molecule has 16 heavy (non-hydrogen) atoms. The molecule has 0 aromatic carbocycles. The molecule has 0 bridgehead atoms. The van der Waals surface area contributed by atoms with Gasteiger partial charge in [0, 0.05) is 25.2 Å². The summed E-state index contributed by atoms with van der Waals surface area (Å²) in [6.45, 7) is 1.95. The van der Waals surface area contributed by atoms with Gasteiger partial charge in [0.2, 0.25) is 0 Å². The molecule has 3 nitrogen and oxygen atoms in total. The Morgan fingerprint density at radius 3 is 2.56 bits per heavy atom. The zero-order valence-electron chi connectivity index (χ0n) is 9.38. The number of hydrogen-bond donors (Lipinski definition) is 1. The molecule has 1 aromatic heterocycles. The molecule has 6 heteroatoms. The van der Waals surface area contributed by atoms with E-state index in [9.17, 15) is 13.2 Å². The summed E-state index contributed by atoms with van der Waals surface area (Å²) in [6, 6.07) is 0.899. The van der Waals surface area contributed by atoms with Crippen LogP contribution in [-0.4, -0.2) is 22.0 Å². The van der Waals surface area contributed by atoms with Gasteiger partial charge in [0.25, 0.3) is 0 Å². The molecule has 0 aliphatic rings. The largest absolute Gasteiger partial charge is 0.390 e. The Bertz CT molecular complexity index is 344. The molecule has 0 amide bonds. The monoisotopic (exact) mass is 235 g/mol. The van der Waals surface area contributed by atoms with Crippen molar-refractivity contribution in [1.29, 1.82) is 0 Å². The molecule has 1 heterocycles. The number of aryl methyl sites for hydroxylation is 2. The number of hydrogen-bond acceptors (Lipinski definition) is 2. The number of rotatable bonds is 4. The quantitative estimate of drug-likeness (QED) is 0.864. The Balaban J connectivity index is 2.62. The van der Waals surface area contributed by atoms with Crippen molar-refractivity contribution in [3.8, 4) is 0 Å². The molecule has 0 saturated heterocycles. The first-order chi connectivity index (χ1) is 7.31. The van der Waals surface area contributed by atoms with Crippen LogP contribution in [0.5, 0.6) is 0 Å². The Morgan fingerprint density at radius 1 is 1.50 bits per heavy atom. The van der Waals surface area contributed by atoms with Crippen LogP contribution >= 0.6 is 0 Å². The number of alkyl halides is 3. The molecule has 0 aliphatic heterocycles. The summed E-state index contributed by atoms with van der Waals surface area (Å²) in [5, 5.41) is 4.16. The maximum Gasteiger partial charge on any atom is 0.390 e. The van der Waals surface area contributed by atoms with E-state index in [-0.39, 0.29) is 6.42 Å². The molecule has 1 aromatic rings. The van der Waals surface area contributed by atoms with Crippen molar-refractivity contribution in [3.63, 3.8) is 0 Å². The molecule has 92 valence electrons. The van der Waals surface area contributed by atoms with Crippen LogP contribution in [0, 0.1) is 0 Å². The normalized spacial score (nSPS) is 14.1. The molecule has 2 N–H and O–H groups in total. The van der Waals surface area contributed by atoms with Gasteiger partial charge >= 0.3 is 6.18 Å². The molecule has 0 aliphatic carbocycles. The number of halogens is 3. The fraction of sp³-hybridized carbons (Fsp3) is 0.700. The second-order valence-electron chi connectivity index (χ2n) is 3.89. The van der Waals surface area contributed by atoms with Crippen LogP contribution in [0.1, 0.15) is 24.7 Å². The predicted octanol–water partition coefficient (Wildman–Crippen LogP) is 1.80. The van der Waals surface area contributed by atoms with E-state index in [0.717, 1.165) is 17.8 Å². The van der Waals surface area contributed by atoms with Crippen molar-refractivity contribution in [2.75, 3.05) is 0 Å². The van der Waals surface area contributed by atoms with E-state index in [1.54, 1.807) is 17.8 Å². The molecule has 1 atom stereocenters. The van der Waals surface area contributed by atoms with E-state index in [4.69, 9.17) is 5.73 Å². The van der Waals surface area contributed by atoms with Crippen LogP contribution < -0.4 is 5.73 Å². The van der Waals surface area contributed by atoms with Gasteiger partial charge in [0.1, 0.15) is 0 Å². The second-order valence-corrected chi connectivity index (χ2v) is 3.89. The molecule has 0 saturated carbocycles. The van der Waals surface area contributed by atoms with Crippen molar-refractivity contribution in [2.45, 2.75) is 38.4 Å². The Hall–Kier alpha value is -1.04. The van der Waals surface area contributed by atoms with Crippen LogP contribution in [0.15, 0.2) is 6.07 Å². The second kappa shape index (κ2) is 4.86. The lowest BCUT2D eigenvalue weighted by Crippen LogP contribution is -2.30. The highest BCUT2D eigenvalue weighted by Gasteiger charge is 2.30. The lowest BCUT2D eigenvalue weighted by Gasteiger charge is -2.13. The Labute approximate surface area is 92.4 Å². The molecule has 0 spiro atoms. The Kier molecular flexibility index (Phi) is 3.96. The maximum absolute atomic E-state index is 12.1. The summed E-state index contributed by atoms with van der Waals surface area (Å²) in [5.74, 6) is 0. The molecule has 1 unspecified atom stereocenters. The van der Waals surface area contributed by atoms with Crippen LogP contribution in [0.3, 0.4) is 0 Å². The van der Waals surface area contributed by atoms with E-state index < -0.39 is 18.6 Å². The van der Waals surface area contributed by atoms with Gasteiger partial charge in [-0.05, 0) is 12.5 Å². The van der Waals surface area contributed by atoms with E-state index in [1.807, 2.05) is 6.92 Å². The summed E-state index contributed by atoms with van der Waals surface area (Å²) in [4.78, 5) is 0. The number of nitrogens with two attached hydrogens (primary N) is 1. The fourth-order valence-electron chi connectivity index (χ4n) is 1.57. The highest BCUT2D eigenvalue weighted by Crippen LogP contribution is 2.22. The van der Waals surface area contributed by atoms with Crippen molar-refractivity contribution in [3.05, 3.63) is 17.5 Å². The first-order valence-corrected chi connectivity index (χ1v) is 5.16. The van der Waals surface area contributed by atoms with Gasteiger partial charge in [0.05, 0.1) is 12.1 Å². The van der Waals surface area contributed by atoms with E-state index in [2.05, 4.69) is 5.10 Å². The minimum Gasteiger partial charge on any atom is -0.327 e. The summed E-state index contributed by atoms with van der Waals surface area (Å²) in [6.07, 6.45) is -4.20. The highest BCUT2D eigenvalue weighted by atomic mass is 19.4. The van der Waals surface area contributed by atoms with Gasteiger partial charge < -0.3 is 5.73 Å². The first-order valence-electron chi connectivity index (χ1n) is 5.16. The highest BCUT2D eigenvalue weighted by molar-refractivity contribution is 5.11. The molecule has 0 radical (unpaired) electrons. The zero-order chi connectivity index (χ0) is 12.3. The standard InChI is InChI=1S/C10H16F3N3/c1-3-8-5-9(16(2)15-8)4-7(14)6-10(11,12)13/h5,7H,3-4,6,14H2,1-2H3. The smallest absolute Gasteiger partial charge is 0.327 e. The van der Waals surface area contributed by atoms with Gasteiger partial charge in [-0.3, -0.25) is 4.68 Å². The third-order valence-electron chi connectivity index (χ3n) is 2.35. The molecular weight excluding hydrogens is 219 g/mol. The van der Waals surface area contributed by atoms with Crippen molar-refractivity contribution in [2.24, 2.45) is 12.8 Å². The first kappa shape index (κ1) is 13.0. The average Bonchev–Trinajstić information content (AvgIpc) is 2.44. The van der Waals surface area contributed by atoms with Crippen LogP contribution in [0.25, 0.3) is 0 Å². The average molecular weight is 235 g/mol. The molecular formula is C10H16F3N3. The summed E-state index contributed by atoms with van der Waals surface area (Å²) >= 11 is 0. The minimum atomic E-state index is -4.20. The van der Waals surface area contributed by atoms with Crippen LogP contribution in [0.2, 0.25) is 0 Å². The zero-order valence-corrected chi connectivity index (χ0v) is 9.38. The summed E-state index contributed by atoms with van der Waals surface area (Å²) < 4.78 is 37.8. The third kappa shape index (κ3) is 3.84. The van der Waals surface area contributed by atoms with Crippen molar-refractivity contribution >= 4 is 0 Å². The van der Waals surface area contributed by atoms with Gasteiger partial charge in [-0.1, -0.05) is 6.92 Å².